The van der Waals surface area contributed by atoms with Gasteiger partial charge in [0, 0.05) is 6.20 Å². The second kappa shape index (κ2) is 5.57. The zero-order chi connectivity index (χ0) is 16.6. The van der Waals surface area contributed by atoms with E-state index in [1.165, 1.54) is 12.3 Å². The normalized spacial score (nSPS) is 19.0. The summed E-state index contributed by atoms with van der Waals surface area (Å²) in [7, 11) is 0. The number of nitrogens with one attached hydrogen (secondary N) is 2. The first-order valence-corrected chi connectivity index (χ1v) is 6.62. The molecule has 1 aliphatic carbocycles. The van der Waals surface area contributed by atoms with Crippen LogP contribution in [0.4, 0.5) is 8.78 Å². The Morgan fingerprint density at radius 3 is 2.83 bits per heavy atom. The number of aromatic amines is 2. The molecule has 3 rings (SSSR count). The van der Waals surface area contributed by atoms with Crippen molar-refractivity contribution in [1.29, 1.82) is 5.26 Å². The summed E-state index contributed by atoms with van der Waals surface area (Å²) in [6.45, 7) is 0. The molecule has 1 saturated carbocycles. The minimum Gasteiger partial charge on any atom is -0.313 e. The number of nitriles is 1. The largest absolute Gasteiger partial charge is 0.325 e. The second-order valence-corrected chi connectivity index (χ2v) is 5.09. The third kappa shape index (κ3) is 2.91. The molecule has 1 fully saturated rings. The number of rotatable bonds is 3. The van der Waals surface area contributed by atoms with E-state index in [1.807, 2.05) is 6.07 Å². The fourth-order valence-corrected chi connectivity index (χ4v) is 2.43. The summed E-state index contributed by atoms with van der Waals surface area (Å²) in [6.07, 6.45) is 0.736. The van der Waals surface area contributed by atoms with Gasteiger partial charge < -0.3 is 4.98 Å². The van der Waals surface area contributed by atoms with Crippen LogP contribution in [0.5, 0.6) is 0 Å². The van der Waals surface area contributed by atoms with Crippen molar-refractivity contribution < 1.29 is 8.78 Å². The molecule has 2 heterocycles. The van der Waals surface area contributed by atoms with E-state index in [2.05, 4.69) is 20.2 Å². The highest BCUT2D eigenvalue weighted by Crippen LogP contribution is 2.50. The van der Waals surface area contributed by atoms with Crippen LogP contribution in [0.15, 0.2) is 34.0 Å². The number of allylic oxidation sites excluding steroid dienone is 1. The van der Waals surface area contributed by atoms with Crippen molar-refractivity contribution in [3.05, 3.63) is 56.5 Å². The fraction of sp³-hybridized carbons (Fsp3) is 0.214. The smallest absolute Gasteiger partial charge is 0.313 e. The lowest BCUT2D eigenvalue weighted by atomic mass is 10.1. The van der Waals surface area contributed by atoms with Crippen LogP contribution in [-0.4, -0.2) is 20.2 Å². The molecule has 23 heavy (non-hydrogen) atoms. The van der Waals surface area contributed by atoms with Gasteiger partial charge in [0.05, 0.1) is 5.56 Å². The van der Waals surface area contributed by atoms with Gasteiger partial charge in [-0.1, -0.05) is 0 Å². The van der Waals surface area contributed by atoms with Crippen LogP contribution in [0, 0.1) is 17.2 Å². The Morgan fingerprint density at radius 2 is 2.17 bits per heavy atom. The first kappa shape index (κ1) is 14.8. The molecule has 0 bridgehead atoms. The van der Waals surface area contributed by atoms with Gasteiger partial charge in [0.2, 0.25) is 0 Å². The Labute approximate surface area is 127 Å². The molecule has 0 spiro atoms. The summed E-state index contributed by atoms with van der Waals surface area (Å²) in [6, 6.07) is 3.34. The number of H-pyrrole nitrogens is 2. The average molecular weight is 317 g/mol. The summed E-state index contributed by atoms with van der Waals surface area (Å²) in [5.41, 5.74) is -0.577. The Kier molecular flexibility index (Phi) is 3.57. The molecular weight excluding hydrogens is 308 g/mol. The van der Waals surface area contributed by atoms with Crippen LogP contribution < -0.4 is 11.2 Å². The van der Waals surface area contributed by atoms with E-state index in [0.717, 1.165) is 6.08 Å². The summed E-state index contributed by atoms with van der Waals surface area (Å²) < 4.78 is 24.6. The van der Waals surface area contributed by atoms with Crippen molar-refractivity contribution >= 4 is 0 Å². The summed E-state index contributed by atoms with van der Waals surface area (Å²) in [5, 5.41) is 16.6. The van der Waals surface area contributed by atoms with Gasteiger partial charge in [-0.2, -0.15) is 14.0 Å². The maximum Gasteiger partial charge on any atom is 0.325 e. The first-order valence-electron chi connectivity index (χ1n) is 6.62. The van der Waals surface area contributed by atoms with Crippen LogP contribution in [-0.2, 0) is 0 Å². The van der Waals surface area contributed by atoms with Gasteiger partial charge in [-0.25, -0.2) is 4.79 Å². The molecule has 0 aromatic carbocycles. The van der Waals surface area contributed by atoms with Crippen molar-refractivity contribution in [3.63, 3.8) is 0 Å². The molecule has 2 aromatic heterocycles. The molecule has 0 radical (unpaired) electrons. The molecule has 2 atom stereocenters. The SMILES string of the molecule is N#Cc1nnc(-c2c[nH]c(=O)[nH]c2=O)cc1[C@H]1C[C@@H]1C=C(F)F. The summed E-state index contributed by atoms with van der Waals surface area (Å²) in [5.74, 6) is -0.625. The maximum absolute atomic E-state index is 12.3. The van der Waals surface area contributed by atoms with Crippen LogP contribution >= 0.6 is 0 Å². The highest BCUT2D eigenvalue weighted by atomic mass is 19.3. The van der Waals surface area contributed by atoms with Crippen molar-refractivity contribution in [2.45, 2.75) is 12.3 Å². The van der Waals surface area contributed by atoms with Crippen LogP contribution in [0.1, 0.15) is 23.6 Å². The Balaban J connectivity index is 2.04. The monoisotopic (exact) mass is 317 g/mol. The number of aromatic nitrogens is 4. The third-order valence-electron chi connectivity index (χ3n) is 3.60. The lowest BCUT2D eigenvalue weighted by Gasteiger charge is -2.04. The Morgan fingerprint density at radius 1 is 1.39 bits per heavy atom. The number of halogens is 2. The zero-order valence-electron chi connectivity index (χ0n) is 11.5. The van der Waals surface area contributed by atoms with Crippen molar-refractivity contribution in [1.82, 2.24) is 20.2 Å². The van der Waals surface area contributed by atoms with Gasteiger partial charge in [0.25, 0.3) is 11.6 Å². The molecule has 7 nitrogen and oxygen atoms in total. The predicted octanol–water partition coefficient (Wildman–Crippen LogP) is 1.28. The Hall–Kier alpha value is -3.15. The van der Waals surface area contributed by atoms with E-state index in [4.69, 9.17) is 5.26 Å². The van der Waals surface area contributed by atoms with Crippen molar-refractivity contribution in [3.8, 4) is 17.3 Å². The van der Waals surface area contributed by atoms with E-state index < -0.39 is 17.3 Å². The highest BCUT2D eigenvalue weighted by Gasteiger charge is 2.39. The zero-order valence-corrected chi connectivity index (χ0v) is 11.5. The molecule has 0 saturated heterocycles. The fourth-order valence-electron chi connectivity index (χ4n) is 2.43. The van der Waals surface area contributed by atoms with Gasteiger partial charge in [-0.3, -0.25) is 9.78 Å². The van der Waals surface area contributed by atoms with Gasteiger partial charge >= 0.3 is 5.69 Å². The number of hydrogen-bond acceptors (Lipinski definition) is 5. The molecule has 1 aliphatic rings. The quantitative estimate of drug-likeness (QED) is 0.884. The van der Waals surface area contributed by atoms with Gasteiger partial charge in [0.15, 0.2) is 5.69 Å². The van der Waals surface area contributed by atoms with E-state index in [1.54, 1.807) is 0 Å². The first-order chi connectivity index (χ1) is 11.0. The summed E-state index contributed by atoms with van der Waals surface area (Å²) >= 11 is 0. The van der Waals surface area contributed by atoms with Gasteiger partial charge in [-0.05, 0) is 36.0 Å². The summed E-state index contributed by atoms with van der Waals surface area (Å²) in [4.78, 5) is 27.2. The minimum atomic E-state index is -1.77. The van der Waals surface area contributed by atoms with E-state index in [9.17, 15) is 18.4 Å². The molecule has 2 aromatic rings. The lowest BCUT2D eigenvalue weighted by Crippen LogP contribution is -2.23. The predicted molar refractivity (Wildman–Crippen MR) is 74.6 cm³/mol. The lowest BCUT2D eigenvalue weighted by molar-refractivity contribution is 0.416. The molecule has 0 amide bonds. The topological polar surface area (TPSA) is 115 Å². The highest BCUT2D eigenvalue weighted by molar-refractivity contribution is 5.58. The van der Waals surface area contributed by atoms with Crippen LogP contribution in [0.25, 0.3) is 11.3 Å². The molecular formula is C14H9F2N5O2. The molecule has 9 heteroatoms. The van der Waals surface area contributed by atoms with Crippen molar-refractivity contribution in [2.75, 3.05) is 0 Å². The average Bonchev–Trinajstić information content (AvgIpc) is 3.25. The van der Waals surface area contributed by atoms with Crippen LogP contribution in [0.3, 0.4) is 0 Å². The van der Waals surface area contributed by atoms with E-state index in [-0.39, 0.29) is 28.8 Å². The minimum absolute atomic E-state index is 0.0368. The standard InChI is InChI=1S/C14H9F2N5O2/c15-12(16)2-6-1-7(6)8-3-10(20-21-11(8)4-17)9-5-18-14(23)19-13(9)22/h2-3,5-7H,1H2,(H2,18,19,22,23)/t6-,7+/m1/s1. The number of hydrogen-bond donors (Lipinski definition) is 2. The maximum atomic E-state index is 12.3. The molecule has 0 aliphatic heterocycles. The molecule has 2 N–H and O–H groups in total. The van der Waals surface area contributed by atoms with Gasteiger partial charge in [-0.15, -0.1) is 10.2 Å². The molecule has 116 valence electrons. The van der Waals surface area contributed by atoms with Crippen molar-refractivity contribution in [2.24, 2.45) is 5.92 Å². The van der Waals surface area contributed by atoms with Gasteiger partial charge in [0.1, 0.15) is 11.8 Å². The molecule has 0 unspecified atom stereocenters. The number of nitrogens with zero attached hydrogens (tertiary/aromatic N) is 3. The van der Waals surface area contributed by atoms with Crippen LogP contribution in [0.2, 0.25) is 0 Å². The Bertz CT molecular complexity index is 953. The van der Waals surface area contributed by atoms with E-state index >= 15 is 0 Å². The second-order valence-electron chi connectivity index (χ2n) is 5.09. The third-order valence-corrected chi connectivity index (χ3v) is 3.60. The van der Waals surface area contributed by atoms with E-state index in [0.29, 0.717) is 12.0 Å².